The van der Waals surface area contributed by atoms with E-state index in [0.29, 0.717) is 18.8 Å². The zero-order valence-electron chi connectivity index (χ0n) is 14.4. The topological polar surface area (TPSA) is 74.3 Å². The van der Waals surface area contributed by atoms with E-state index in [1.54, 1.807) is 19.3 Å². The van der Waals surface area contributed by atoms with E-state index in [0.717, 1.165) is 22.8 Å². The van der Waals surface area contributed by atoms with Crippen LogP contribution in [0.25, 0.3) is 0 Å². The molecule has 0 saturated heterocycles. The average Bonchev–Trinajstić information content (AvgIpc) is 2.60. The molecular weight excluding hydrogens is 298 g/mol. The Labute approximate surface area is 143 Å². The van der Waals surface area contributed by atoms with Crippen LogP contribution in [0.3, 0.4) is 0 Å². The van der Waals surface area contributed by atoms with Gasteiger partial charge in [0.25, 0.3) is 0 Å². The third-order valence-electron chi connectivity index (χ3n) is 3.70. The van der Waals surface area contributed by atoms with Crippen LogP contribution >= 0.6 is 0 Å². The standard InChI is InChI=1S/C19H23N5/c1-14(20)19(15(2)23-12-17-8-4-6-10-21-17)16(3)24-13-18-9-5-7-11-22-18/h4-11,19-20H,12-13H2,1-3H3. The Bertz CT molecular complexity index is 662. The Kier molecular flexibility index (Phi) is 6.49. The molecule has 0 fully saturated rings. The van der Waals surface area contributed by atoms with Gasteiger partial charge in [0, 0.05) is 29.5 Å². The molecule has 5 heteroatoms. The second kappa shape index (κ2) is 8.82. The molecule has 2 rings (SSSR count). The molecule has 0 aliphatic rings. The van der Waals surface area contributed by atoms with E-state index in [-0.39, 0.29) is 5.92 Å². The van der Waals surface area contributed by atoms with Gasteiger partial charge >= 0.3 is 0 Å². The van der Waals surface area contributed by atoms with Crippen LogP contribution in [0.4, 0.5) is 0 Å². The van der Waals surface area contributed by atoms with Gasteiger partial charge in [0.15, 0.2) is 0 Å². The van der Waals surface area contributed by atoms with E-state index < -0.39 is 0 Å². The summed E-state index contributed by atoms with van der Waals surface area (Å²) < 4.78 is 0. The lowest BCUT2D eigenvalue weighted by atomic mass is 9.94. The highest BCUT2D eigenvalue weighted by atomic mass is 14.8. The van der Waals surface area contributed by atoms with E-state index in [1.807, 2.05) is 50.2 Å². The van der Waals surface area contributed by atoms with Gasteiger partial charge in [-0.05, 0) is 45.0 Å². The van der Waals surface area contributed by atoms with Gasteiger partial charge in [0.1, 0.15) is 0 Å². The fraction of sp³-hybridized carbons (Fsp3) is 0.316. The minimum atomic E-state index is -0.169. The number of rotatable bonds is 7. The molecule has 1 N–H and O–H groups in total. The molecule has 0 bridgehead atoms. The van der Waals surface area contributed by atoms with Crippen molar-refractivity contribution in [3.63, 3.8) is 0 Å². The van der Waals surface area contributed by atoms with Gasteiger partial charge in [-0.25, -0.2) is 0 Å². The predicted octanol–water partition coefficient (Wildman–Crippen LogP) is 3.75. The van der Waals surface area contributed by atoms with Gasteiger partial charge in [0.05, 0.1) is 30.4 Å². The molecule has 0 aromatic carbocycles. The molecule has 124 valence electrons. The first-order valence-corrected chi connectivity index (χ1v) is 7.94. The highest BCUT2D eigenvalue weighted by Crippen LogP contribution is 2.09. The molecule has 2 heterocycles. The van der Waals surface area contributed by atoms with Gasteiger partial charge in [-0.15, -0.1) is 0 Å². The first-order chi connectivity index (χ1) is 11.6. The molecule has 0 amide bonds. The highest BCUT2D eigenvalue weighted by molar-refractivity contribution is 6.21. The van der Waals surface area contributed by atoms with E-state index in [4.69, 9.17) is 5.41 Å². The summed E-state index contributed by atoms with van der Waals surface area (Å²) in [6.45, 7) is 6.73. The largest absolute Gasteiger partial charge is 0.309 e. The molecule has 0 radical (unpaired) electrons. The molecule has 0 unspecified atom stereocenters. The minimum absolute atomic E-state index is 0.169. The first kappa shape index (κ1) is 17.7. The summed E-state index contributed by atoms with van der Waals surface area (Å²) in [5.41, 5.74) is 4.15. The Morgan fingerprint density at radius 3 is 1.67 bits per heavy atom. The van der Waals surface area contributed by atoms with E-state index in [2.05, 4.69) is 20.0 Å². The maximum absolute atomic E-state index is 8.09. The summed E-state index contributed by atoms with van der Waals surface area (Å²) >= 11 is 0. The number of pyridine rings is 2. The van der Waals surface area contributed by atoms with Crippen LogP contribution in [0, 0.1) is 11.3 Å². The number of nitrogens with one attached hydrogen (secondary N) is 1. The summed E-state index contributed by atoms with van der Waals surface area (Å²) in [6.07, 6.45) is 3.53. The average molecular weight is 321 g/mol. The zero-order chi connectivity index (χ0) is 17.4. The monoisotopic (exact) mass is 321 g/mol. The number of aliphatic imine (C=N–C) groups is 2. The fourth-order valence-corrected chi connectivity index (χ4v) is 2.51. The van der Waals surface area contributed by atoms with Crippen molar-refractivity contribution in [1.29, 1.82) is 5.41 Å². The summed E-state index contributed by atoms with van der Waals surface area (Å²) in [4.78, 5) is 17.8. The van der Waals surface area contributed by atoms with Crippen molar-refractivity contribution in [3.8, 4) is 0 Å². The van der Waals surface area contributed by atoms with Crippen LogP contribution in [0.2, 0.25) is 0 Å². The molecule has 0 aliphatic heterocycles. The third kappa shape index (κ3) is 5.19. The lowest BCUT2D eigenvalue weighted by Crippen LogP contribution is -2.27. The first-order valence-electron chi connectivity index (χ1n) is 7.94. The lowest BCUT2D eigenvalue weighted by molar-refractivity contribution is 0.956. The fourth-order valence-electron chi connectivity index (χ4n) is 2.51. The van der Waals surface area contributed by atoms with Crippen molar-refractivity contribution in [2.75, 3.05) is 0 Å². The second-order valence-electron chi connectivity index (χ2n) is 5.67. The van der Waals surface area contributed by atoms with Crippen molar-refractivity contribution < 1.29 is 0 Å². The van der Waals surface area contributed by atoms with Crippen LogP contribution < -0.4 is 0 Å². The third-order valence-corrected chi connectivity index (χ3v) is 3.70. The lowest BCUT2D eigenvalue weighted by Gasteiger charge is -2.16. The Morgan fingerprint density at radius 2 is 1.33 bits per heavy atom. The molecule has 2 aromatic heterocycles. The van der Waals surface area contributed by atoms with Gasteiger partial charge in [0.2, 0.25) is 0 Å². The summed E-state index contributed by atoms with van der Waals surface area (Å²) in [7, 11) is 0. The Balaban J connectivity index is 2.11. The SMILES string of the molecule is CC(=N)C(C(C)=NCc1ccccn1)C(C)=NCc1ccccn1. The van der Waals surface area contributed by atoms with Gasteiger partial charge in [-0.2, -0.15) is 0 Å². The van der Waals surface area contributed by atoms with Crippen LogP contribution in [0.5, 0.6) is 0 Å². The molecule has 0 atom stereocenters. The van der Waals surface area contributed by atoms with Crippen molar-refractivity contribution in [3.05, 3.63) is 60.2 Å². The molecule has 0 spiro atoms. The minimum Gasteiger partial charge on any atom is -0.309 e. The molecule has 2 aromatic rings. The molecule has 5 nitrogen and oxygen atoms in total. The normalized spacial score (nSPS) is 13.6. The van der Waals surface area contributed by atoms with E-state index in [1.165, 1.54) is 0 Å². The van der Waals surface area contributed by atoms with Crippen LogP contribution in [-0.2, 0) is 13.1 Å². The van der Waals surface area contributed by atoms with Crippen LogP contribution in [-0.4, -0.2) is 27.1 Å². The number of nitrogens with zero attached hydrogens (tertiary/aromatic N) is 4. The zero-order valence-corrected chi connectivity index (χ0v) is 14.4. The molecule has 0 saturated carbocycles. The molecule has 0 aliphatic carbocycles. The maximum Gasteiger partial charge on any atom is 0.0811 e. The van der Waals surface area contributed by atoms with Gasteiger partial charge < -0.3 is 5.41 Å². The quantitative estimate of drug-likeness (QED) is 0.789. The number of aromatic nitrogens is 2. The van der Waals surface area contributed by atoms with E-state index in [9.17, 15) is 0 Å². The van der Waals surface area contributed by atoms with Crippen molar-refractivity contribution in [2.24, 2.45) is 15.9 Å². The second-order valence-corrected chi connectivity index (χ2v) is 5.67. The predicted molar refractivity (Wildman–Crippen MR) is 99.0 cm³/mol. The number of hydrogen-bond donors (Lipinski definition) is 1. The maximum atomic E-state index is 8.09. The Morgan fingerprint density at radius 1 is 0.875 bits per heavy atom. The Hall–Kier alpha value is -2.69. The van der Waals surface area contributed by atoms with Gasteiger partial charge in [-0.3, -0.25) is 20.0 Å². The smallest absolute Gasteiger partial charge is 0.0811 e. The molecule has 24 heavy (non-hydrogen) atoms. The highest BCUT2D eigenvalue weighted by Gasteiger charge is 2.18. The van der Waals surface area contributed by atoms with Gasteiger partial charge in [-0.1, -0.05) is 12.1 Å². The number of hydrogen-bond acceptors (Lipinski definition) is 5. The molecular formula is C19H23N5. The van der Waals surface area contributed by atoms with Crippen molar-refractivity contribution in [1.82, 2.24) is 9.97 Å². The summed E-state index contributed by atoms with van der Waals surface area (Å²) in [5, 5.41) is 8.09. The van der Waals surface area contributed by atoms with Crippen LogP contribution in [0.1, 0.15) is 32.2 Å². The van der Waals surface area contributed by atoms with Crippen LogP contribution in [0.15, 0.2) is 58.8 Å². The van der Waals surface area contributed by atoms with E-state index >= 15 is 0 Å². The summed E-state index contributed by atoms with van der Waals surface area (Å²) in [6, 6.07) is 11.6. The van der Waals surface area contributed by atoms with Crippen molar-refractivity contribution >= 4 is 17.1 Å². The van der Waals surface area contributed by atoms with Crippen molar-refractivity contribution in [2.45, 2.75) is 33.9 Å². The summed E-state index contributed by atoms with van der Waals surface area (Å²) in [5.74, 6) is -0.169.